The molecular weight excluding hydrogens is 328 g/mol. The summed E-state index contributed by atoms with van der Waals surface area (Å²) in [5, 5.41) is 4.22. The van der Waals surface area contributed by atoms with Crippen LogP contribution < -0.4 is 4.74 Å². The van der Waals surface area contributed by atoms with Gasteiger partial charge in [-0.2, -0.15) is 10.1 Å². The molecule has 0 N–H and O–H groups in total. The molecule has 0 bridgehead atoms. The molecule has 0 aromatic carbocycles. The summed E-state index contributed by atoms with van der Waals surface area (Å²) >= 11 is 5.80. The second-order valence-electron chi connectivity index (χ2n) is 4.96. The molecule has 0 amide bonds. The maximum Gasteiger partial charge on any atom is 0.244 e. The van der Waals surface area contributed by atoms with Crippen LogP contribution in [0.2, 0.25) is 5.28 Å². The van der Waals surface area contributed by atoms with Gasteiger partial charge in [-0.05, 0) is 18.0 Å². The van der Waals surface area contributed by atoms with Gasteiger partial charge in [0, 0.05) is 0 Å². The minimum atomic E-state index is -3.09. The second kappa shape index (κ2) is 7.23. The number of ether oxygens (including phenoxy) is 1. The molecule has 2 heterocycles. The van der Waals surface area contributed by atoms with Crippen molar-refractivity contribution in [3.63, 3.8) is 0 Å². The number of hydrogen-bond acceptors (Lipinski definition) is 6. The number of nitrogens with zero attached hydrogens (tertiary/aromatic N) is 4. The number of aryl methyl sites for hydroxylation is 1. The molecule has 9 heteroatoms. The summed E-state index contributed by atoms with van der Waals surface area (Å²) in [6.07, 6.45) is 4.13. The number of methoxy groups -OCH3 is 1. The van der Waals surface area contributed by atoms with Crippen LogP contribution in [-0.2, 0) is 16.4 Å². The van der Waals surface area contributed by atoms with E-state index in [1.807, 2.05) is 6.92 Å². The Kier molecular flexibility index (Phi) is 5.57. The van der Waals surface area contributed by atoms with Gasteiger partial charge in [0.05, 0.1) is 31.4 Å². The van der Waals surface area contributed by atoms with Crippen molar-refractivity contribution in [1.29, 1.82) is 0 Å². The van der Waals surface area contributed by atoms with Gasteiger partial charge in [0.1, 0.15) is 11.0 Å². The van der Waals surface area contributed by atoms with Gasteiger partial charge in [-0.15, -0.1) is 0 Å². The SMILES string of the molecule is CCCCCS(=O)(=O)CCn1ncc2nc(Cl)nc(OC)c21. The molecule has 0 radical (unpaired) electrons. The van der Waals surface area contributed by atoms with Gasteiger partial charge in [0.15, 0.2) is 9.84 Å². The monoisotopic (exact) mass is 346 g/mol. The molecule has 122 valence electrons. The van der Waals surface area contributed by atoms with Crippen LogP contribution in [0.25, 0.3) is 11.0 Å². The van der Waals surface area contributed by atoms with Gasteiger partial charge in [-0.1, -0.05) is 19.8 Å². The van der Waals surface area contributed by atoms with Gasteiger partial charge in [0.2, 0.25) is 11.2 Å². The lowest BCUT2D eigenvalue weighted by molar-refractivity contribution is 0.399. The van der Waals surface area contributed by atoms with E-state index in [1.54, 1.807) is 4.68 Å². The van der Waals surface area contributed by atoms with E-state index in [9.17, 15) is 8.42 Å². The summed E-state index contributed by atoms with van der Waals surface area (Å²) in [6, 6.07) is 0. The summed E-state index contributed by atoms with van der Waals surface area (Å²) in [7, 11) is -1.63. The van der Waals surface area contributed by atoms with E-state index in [2.05, 4.69) is 15.1 Å². The van der Waals surface area contributed by atoms with Crippen LogP contribution in [0.4, 0.5) is 0 Å². The summed E-state index contributed by atoms with van der Waals surface area (Å²) in [6.45, 7) is 2.28. The number of fused-ring (bicyclic) bond motifs is 1. The molecule has 0 aliphatic rings. The van der Waals surface area contributed by atoms with Crippen LogP contribution in [0.15, 0.2) is 6.20 Å². The van der Waals surface area contributed by atoms with E-state index in [4.69, 9.17) is 16.3 Å². The molecule has 0 unspecified atom stereocenters. The summed E-state index contributed by atoms with van der Waals surface area (Å²) in [4.78, 5) is 8.03. The highest BCUT2D eigenvalue weighted by Crippen LogP contribution is 2.23. The first-order valence-electron chi connectivity index (χ1n) is 7.10. The lowest BCUT2D eigenvalue weighted by Gasteiger charge is -2.07. The van der Waals surface area contributed by atoms with E-state index in [0.717, 1.165) is 12.8 Å². The third-order valence-electron chi connectivity index (χ3n) is 3.30. The third-order valence-corrected chi connectivity index (χ3v) is 5.18. The van der Waals surface area contributed by atoms with Crippen LogP contribution >= 0.6 is 11.6 Å². The zero-order valence-corrected chi connectivity index (χ0v) is 14.2. The average Bonchev–Trinajstić information content (AvgIpc) is 2.87. The first-order valence-corrected chi connectivity index (χ1v) is 9.30. The van der Waals surface area contributed by atoms with Gasteiger partial charge in [-0.25, -0.2) is 13.4 Å². The van der Waals surface area contributed by atoms with Crippen molar-refractivity contribution in [3.05, 3.63) is 11.5 Å². The number of unbranched alkanes of at least 4 members (excludes halogenated alkanes) is 2. The van der Waals surface area contributed by atoms with Gasteiger partial charge in [-0.3, -0.25) is 4.68 Å². The molecule has 0 saturated carbocycles. The van der Waals surface area contributed by atoms with Crippen LogP contribution in [0, 0.1) is 0 Å². The van der Waals surface area contributed by atoms with Crippen LogP contribution in [0.1, 0.15) is 26.2 Å². The smallest absolute Gasteiger partial charge is 0.244 e. The fourth-order valence-electron chi connectivity index (χ4n) is 2.15. The van der Waals surface area contributed by atoms with Crippen molar-refractivity contribution in [2.24, 2.45) is 0 Å². The molecule has 0 aliphatic heterocycles. The fourth-order valence-corrected chi connectivity index (χ4v) is 3.62. The van der Waals surface area contributed by atoms with E-state index in [1.165, 1.54) is 13.3 Å². The first-order chi connectivity index (χ1) is 10.5. The van der Waals surface area contributed by atoms with Crippen LogP contribution in [0.5, 0.6) is 5.88 Å². The molecular formula is C13H19ClN4O3S. The first kappa shape index (κ1) is 17.0. The van der Waals surface area contributed by atoms with Crippen molar-refractivity contribution in [1.82, 2.24) is 19.7 Å². The van der Waals surface area contributed by atoms with Crippen molar-refractivity contribution in [3.8, 4) is 5.88 Å². The van der Waals surface area contributed by atoms with E-state index in [0.29, 0.717) is 17.5 Å². The maximum absolute atomic E-state index is 12.0. The zero-order valence-electron chi connectivity index (χ0n) is 12.6. The minimum Gasteiger partial charge on any atom is -0.479 e. The molecule has 2 aromatic heterocycles. The number of aromatic nitrogens is 4. The highest BCUT2D eigenvalue weighted by Gasteiger charge is 2.16. The normalized spacial score (nSPS) is 12.0. The topological polar surface area (TPSA) is 87.0 Å². The second-order valence-corrected chi connectivity index (χ2v) is 7.60. The van der Waals surface area contributed by atoms with E-state index < -0.39 is 9.84 Å². The Morgan fingerprint density at radius 1 is 1.27 bits per heavy atom. The summed E-state index contributed by atoms with van der Waals surface area (Å²) < 4.78 is 30.8. The van der Waals surface area contributed by atoms with Gasteiger partial charge in [0.25, 0.3) is 0 Å². The van der Waals surface area contributed by atoms with E-state index >= 15 is 0 Å². The Morgan fingerprint density at radius 3 is 2.73 bits per heavy atom. The quantitative estimate of drug-likeness (QED) is 0.537. The Balaban J connectivity index is 2.15. The molecule has 2 aromatic rings. The molecule has 22 heavy (non-hydrogen) atoms. The van der Waals surface area contributed by atoms with Crippen molar-refractivity contribution in [2.75, 3.05) is 18.6 Å². The van der Waals surface area contributed by atoms with Crippen molar-refractivity contribution >= 4 is 32.5 Å². The summed E-state index contributed by atoms with van der Waals surface area (Å²) in [5.41, 5.74) is 1.08. The zero-order chi connectivity index (χ0) is 16.2. The molecule has 2 rings (SSSR count). The average molecular weight is 347 g/mol. The molecule has 0 spiro atoms. The van der Waals surface area contributed by atoms with Crippen molar-refractivity contribution < 1.29 is 13.2 Å². The standard InChI is InChI=1S/C13H19ClN4O3S/c1-3-4-5-7-22(19,20)8-6-18-11-10(9-15-18)16-13(14)17-12(11)21-2/h9H,3-8H2,1-2H3. The number of sulfone groups is 1. The molecule has 0 saturated heterocycles. The Hall–Kier alpha value is -1.41. The highest BCUT2D eigenvalue weighted by molar-refractivity contribution is 7.91. The van der Waals surface area contributed by atoms with Crippen LogP contribution in [0.3, 0.4) is 0 Å². The molecule has 7 nitrogen and oxygen atoms in total. The number of rotatable bonds is 8. The minimum absolute atomic E-state index is 0.0271. The predicted molar refractivity (Wildman–Crippen MR) is 85.1 cm³/mol. The van der Waals surface area contributed by atoms with Gasteiger partial charge >= 0.3 is 0 Å². The molecule has 0 aliphatic carbocycles. The van der Waals surface area contributed by atoms with E-state index in [-0.39, 0.29) is 29.2 Å². The lowest BCUT2D eigenvalue weighted by atomic mass is 10.3. The Labute approximate surface area is 134 Å². The maximum atomic E-state index is 12.0. The van der Waals surface area contributed by atoms with Crippen LogP contribution in [-0.4, -0.2) is 46.8 Å². The largest absolute Gasteiger partial charge is 0.479 e. The summed E-state index contributed by atoms with van der Waals surface area (Å²) in [5.74, 6) is 0.523. The van der Waals surface area contributed by atoms with Gasteiger partial charge < -0.3 is 4.74 Å². The Bertz CT molecular complexity index is 745. The molecule has 0 fully saturated rings. The third kappa shape index (κ3) is 4.07. The highest BCUT2D eigenvalue weighted by atomic mass is 35.5. The van der Waals surface area contributed by atoms with Crippen molar-refractivity contribution in [2.45, 2.75) is 32.7 Å². The predicted octanol–water partition coefficient (Wildman–Crippen LogP) is 2.09. The fraction of sp³-hybridized carbons (Fsp3) is 0.615. The number of hydrogen-bond donors (Lipinski definition) is 0. The number of halogens is 1. The lowest BCUT2D eigenvalue weighted by Crippen LogP contribution is -2.17. The Morgan fingerprint density at radius 2 is 2.05 bits per heavy atom. The molecule has 0 atom stereocenters.